The number of carbonyl (C=O) groups is 1. The summed E-state index contributed by atoms with van der Waals surface area (Å²) in [6, 6.07) is 5.70. The van der Waals surface area contributed by atoms with Crippen LogP contribution in [0.3, 0.4) is 0 Å². The monoisotopic (exact) mass is 394 g/mol. The summed E-state index contributed by atoms with van der Waals surface area (Å²) in [6.07, 6.45) is 0.816. The van der Waals surface area contributed by atoms with E-state index in [-0.39, 0.29) is 12.7 Å². The summed E-state index contributed by atoms with van der Waals surface area (Å²) < 4.78 is 23.9. The molecular weight excluding hydrogens is 360 g/mol. The number of hydrogen-bond donors (Lipinski definition) is 0. The van der Waals surface area contributed by atoms with E-state index in [1.807, 2.05) is 18.2 Å². The molecule has 0 unspecified atom stereocenters. The number of aldehydes is 1. The first kappa shape index (κ1) is 21.9. The summed E-state index contributed by atoms with van der Waals surface area (Å²) in [5.41, 5.74) is 2.22. The third kappa shape index (κ3) is 4.23. The van der Waals surface area contributed by atoms with Crippen LogP contribution in [0.5, 0.6) is 11.5 Å². The van der Waals surface area contributed by atoms with E-state index >= 15 is 0 Å². The molecule has 6 heteroatoms. The highest BCUT2D eigenvalue weighted by Crippen LogP contribution is 2.50. The summed E-state index contributed by atoms with van der Waals surface area (Å²) in [6.45, 7) is 13.6. The number of methoxy groups -OCH3 is 1. The lowest BCUT2D eigenvalue weighted by atomic mass is 9.96. The summed E-state index contributed by atoms with van der Waals surface area (Å²) in [7, 11) is -0.566. The summed E-state index contributed by atoms with van der Waals surface area (Å²) in [5.74, 6) is 1.26. The van der Waals surface area contributed by atoms with Crippen molar-refractivity contribution >= 4 is 14.6 Å². The van der Waals surface area contributed by atoms with Crippen LogP contribution in [-0.2, 0) is 14.0 Å². The van der Waals surface area contributed by atoms with E-state index in [0.717, 1.165) is 17.6 Å². The Bertz CT molecular complexity index is 607. The van der Waals surface area contributed by atoms with Gasteiger partial charge in [0.05, 0.1) is 5.92 Å². The van der Waals surface area contributed by atoms with Crippen LogP contribution in [0, 0.1) is 0 Å². The van der Waals surface area contributed by atoms with E-state index in [2.05, 4.69) is 41.5 Å². The van der Waals surface area contributed by atoms with Crippen LogP contribution >= 0.6 is 0 Å². The van der Waals surface area contributed by atoms with Crippen molar-refractivity contribution in [1.29, 1.82) is 0 Å². The van der Waals surface area contributed by atoms with Crippen molar-refractivity contribution in [2.45, 2.75) is 76.8 Å². The summed E-state index contributed by atoms with van der Waals surface area (Å²) in [5, 5.41) is 0. The highest BCUT2D eigenvalue weighted by molar-refractivity contribution is 6.77. The average Bonchev–Trinajstić information content (AvgIpc) is 2.95. The second-order valence-corrected chi connectivity index (χ2v) is 13.6. The lowest BCUT2D eigenvalue weighted by molar-refractivity contribution is -0.109. The molecule has 0 aliphatic carbocycles. The zero-order chi connectivity index (χ0) is 20.2. The topological polar surface area (TPSA) is 54.0 Å². The minimum atomic E-state index is -2.15. The molecule has 1 aromatic carbocycles. The molecule has 5 nitrogen and oxygen atoms in total. The van der Waals surface area contributed by atoms with Gasteiger partial charge in [-0.1, -0.05) is 47.6 Å². The molecule has 0 bridgehead atoms. The van der Waals surface area contributed by atoms with Gasteiger partial charge in [0.25, 0.3) is 0 Å². The number of hydrogen-bond acceptors (Lipinski definition) is 5. The van der Waals surface area contributed by atoms with Gasteiger partial charge in [-0.05, 0) is 28.8 Å². The van der Waals surface area contributed by atoms with E-state index in [9.17, 15) is 4.79 Å². The van der Waals surface area contributed by atoms with Crippen LogP contribution in [0.1, 0.15) is 59.4 Å². The van der Waals surface area contributed by atoms with Crippen LogP contribution in [0.25, 0.3) is 0 Å². The fourth-order valence-corrected chi connectivity index (χ4v) is 10.1. The van der Waals surface area contributed by atoms with Crippen molar-refractivity contribution in [3.63, 3.8) is 0 Å². The number of ether oxygens (including phenoxy) is 3. The van der Waals surface area contributed by atoms with Crippen molar-refractivity contribution in [3.05, 3.63) is 23.8 Å². The van der Waals surface area contributed by atoms with Gasteiger partial charge in [-0.15, -0.1) is 0 Å². The van der Waals surface area contributed by atoms with Gasteiger partial charge in [-0.3, -0.25) is 0 Å². The zero-order valence-corrected chi connectivity index (χ0v) is 18.7. The van der Waals surface area contributed by atoms with Crippen LogP contribution in [0.2, 0.25) is 16.6 Å². The van der Waals surface area contributed by atoms with Crippen molar-refractivity contribution < 1.29 is 23.4 Å². The molecule has 0 saturated carbocycles. The number of rotatable bonds is 10. The smallest absolute Gasteiger partial charge is 0.205 e. The van der Waals surface area contributed by atoms with Gasteiger partial charge < -0.3 is 23.4 Å². The molecule has 1 heterocycles. The maximum Gasteiger partial charge on any atom is 0.205 e. The molecule has 0 fully saturated rings. The maximum atomic E-state index is 11.4. The molecule has 0 N–H and O–H groups in total. The molecule has 0 aromatic heterocycles. The second kappa shape index (κ2) is 9.21. The first-order chi connectivity index (χ1) is 12.8. The van der Waals surface area contributed by atoms with Crippen LogP contribution in [-0.4, -0.2) is 34.8 Å². The van der Waals surface area contributed by atoms with Crippen molar-refractivity contribution in [2.75, 3.05) is 13.9 Å². The summed E-state index contributed by atoms with van der Waals surface area (Å²) in [4.78, 5) is 11.4. The van der Waals surface area contributed by atoms with E-state index in [4.69, 9.17) is 18.6 Å². The van der Waals surface area contributed by atoms with E-state index in [1.54, 1.807) is 7.11 Å². The Kier molecular flexibility index (Phi) is 7.48. The molecule has 2 atom stereocenters. The molecule has 2 rings (SSSR count). The van der Waals surface area contributed by atoms with Crippen molar-refractivity contribution in [2.24, 2.45) is 0 Å². The fraction of sp³-hybridized carbons (Fsp3) is 0.667. The number of carbonyl (C=O) groups excluding carboxylic acids is 1. The van der Waals surface area contributed by atoms with Gasteiger partial charge in [0.2, 0.25) is 8.32 Å². The second-order valence-electron chi connectivity index (χ2n) is 8.15. The quantitative estimate of drug-likeness (QED) is 0.308. The first-order valence-electron chi connectivity index (χ1n) is 9.82. The lowest BCUT2D eigenvalue weighted by Crippen LogP contribution is -2.51. The Labute approximate surface area is 164 Å². The SMILES string of the molecule is COCOc1cccc2c1[C@H](CC=O)[C@@H](O[Si](C(C)C)(C(C)C)C(C)C)O2. The third-order valence-corrected chi connectivity index (χ3v) is 11.7. The first-order valence-corrected chi connectivity index (χ1v) is 12.0. The van der Waals surface area contributed by atoms with Gasteiger partial charge in [-0.25, -0.2) is 0 Å². The Hall–Kier alpha value is -1.37. The van der Waals surface area contributed by atoms with Gasteiger partial charge in [-0.2, -0.15) is 0 Å². The van der Waals surface area contributed by atoms with Crippen LogP contribution < -0.4 is 9.47 Å². The molecule has 0 saturated heterocycles. The van der Waals surface area contributed by atoms with Crippen molar-refractivity contribution in [1.82, 2.24) is 0 Å². The fourth-order valence-electron chi connectivity index (χ4n) is 4.63. The standard InChI is InChI=1S/C21H34O5Si/c1-14(2)27(15(3)4,16(5)6)26-21-17(11-12-22)20-18(24-13-23-7)9-8-10-19(20)25-21/h8-10,12,14-17,21H,11,13H2,1-7H3/t17-,21+/m0/s1. The number of benzene rings is 1. The molecule has 0 amide bonds. The molecular formula is C21H34O5Si. The molecule has 152 valence electrons. The molecule has 1 aliphatic rings. The molecule has 27 heavy (non-hydrogen) atoms. The summed E-state index contributed by atoms with van der Waals surface area (Å²) >= 11 is 0. The van der Waals surface area contributed by atoms with E-state index in [1.165, 1.54) is 0 Å². The molecule has 1 aromatic rings. The molecule has 0 radical (unpaired) electrons. The van der Waals surface area contributed by atoms with Crippen LogP contribution in [0.4, 0.5) is 0 Å². The Morgan fingerprint density at radius 1 is 1.11 bits per heavy atom. The highest BCUT2D eigenvalue weighted by Gasteiger charge is 2.50. The minimum Gasteiger partial charge on any atom is -0.467 e. The lowest BCUT2D eigenvalue weighted by Gasteiger charge is -2.44. The largest absolute Gasteiger partial charge is 0.467 e. The van der Waals surface area contributed by atoms with Gasteiger partial charge in [0.1, 0.15) is 17.8 Å². The predicted octanol–water partition coefficient (Wildman–Crippen LogP) is 5.25. The van der Waals surface area contributed by atoms with Gasteiger partial charge >= 0.3 is 0 Å². The van der Waals surface area contributed by atoms with Crippen molar-refractivity contribution in [3.8, 4) is 11.5 Å². The number of fused-ring (bicyclic) bond motifs is 1. The Morgan fingerprint density at radius 3 is 2.26 bits per heavy atom. The van der Waals surface area contributed by atoms with Crippen LogP contribution in [0.15, 0.2) is 18.2 Å². The zero-order valence-electron chi connectivity index (χ0n) is 17.7. The Balaban J connectivity index is 2.41. The maximum absolute atomic E-state index is 11.4. The molecule has 0 spiro atoms. The average molecular weight is 395 g/mol. The molecule has 1 aliphatic heterocycles. The van der Waals surface area contributed by atoms with Gasteiger partial charge in [0.15, 0.2) is 13.1 Å². The minimum absolute atomic E-state index is 0.151. The van der Waals surface area contributed by atoms with E-state index < -0.39 is 14.6 Å². The highest BCUT2D eigenvalue weighted by atomic mass is 28.4. The Morgan fingerprint density at radius 2 is 1.74 bits per heavy atom. The van der Waals surface area contributed by atoms with E-state index in [0.29, 0.717) is 28.8 Å². The van der Waals surface area contributed by atoms with Gasteiger partial charge in [0, 0.05) is 19.1 Å². The normalized spacial score (nSPS) is 19.5. The predicted molar refractivity (Wildman–Crippen MR) is 109 cm³/mol. The third-order valence-electron chi connectivity index (χ3n) is 5.68.